The first kappa shape index (κ1) is 36.4. The zero-order chi connectivity index (χ0) is 38.4. The summed E-state index contributed by atoms with van der Waals surface area (Å²) in [5.74, 6) is 2.28. The lowest BCUT2D eigenvalue weighted by Crippen LogP contribution is -2.37. The van der Waals surface area contributed by atoms with Crippen LogP contribution in [-0.4, -0.2) is 114 Å². The van der Waals surface area contributed by atoms with Gasteiger partial charge >= 0.3 is 0 Å². The van der Waals surface area contributed by atoms with Crippen molar-refractivity contribution in [3.05, 3.63) is 71.4 Å². The first-order valence-corrected chi connectivity index (χ1v) is 20.1. The highest BCUT2D eigenvalue weighted by Crippen LogP contribution is 2.55. The molecule has 3 aromatic rings. The van der Waals surface area contributed by atoms with Crippen LogP contribution in [0.5, 0.6) is 23.0 Å². The number of amides is 2. The molecule has 5 heterocycles. The molecular formula is C44H51N5O7. The van der Waals surface area contributed by atoms with Gasteiger partial charge in [-0.2, -0.15) is 0 Å². The summed E-state index contributed by atoms with van der Waals surface area (Å²) >= 11 is 0. The van der Waals surface area contributed by atoms with Gasteiger partial charge in [-0.05, 0) is 85.8 Å². The number of benzene rings is 3. The lowest BCUT2D eigenvalue weighted by atomic mass is 10.0. The molecule has 56 heavy (non-hydrogen) atoms. The van der Waals surface area contributed by atoms with E-state index in [1.807, 2.05) is 47.5 Å². The summed E-state index contributed by atoms with van der Waals surface area (Å²) in [5.41, 5.74) is 6.47. The zero-order valence-electron chi connectivity index (χ0n) is 32.6. The number of carbonyl (C=O) groups is 2. The molecule has 0 N–H and O–H groups in total. The minimum absolute atomic E-state index is 0.0222. The Labute approximate surface area is 328 Å². The number of rotatable bonds is 12. The Morgan fingerprint density at radius 3 is 2.23 bits per heavy atom. The highest BCUT2D eigenvalue weighted by atomic mass is 16.5. The second-order valence-electron chi connectivity index (χ2n) is 16.0. The number of anilines is 2. The van der Waals surface area contributed by atoms with Gasteiger partial charge in [0, 0.05) is 63.5 Å². The fourth-order valence-electron chi connectivity index (χ4n) is 8.98. The van der Waals surface area contributed by atoms with Crippen LogP contribution in [0, 0.1) is 5.41 Å². The van der Waals surface area contributed by atoms with Crippen molar-refractivity contribution in [1.29, 1.82) is 0 Å². The fraction of sp³-hybridized carbons (Fsp3) is 0.477. The molecule has 2 saturated heterocycles. The number of ether oxygens (including phenoxy) is 5. The molecule has 0 radical (unpaired) electrons. The predicted molar refractivity (Wildman–Crippen MR) is 215 cm³/mol. The van der Waals surface area contributed by atoms with Crippen molar-refractivity contribution in [2.75, 3.05) is 83.7 Å². The highest BCUT2D eigenvalue weighted by molar-refractivity contribution is 6.04. The SMILES string of the molecule is COc1cc2c(cc1OCCCCCOc1cc3c(cc1OC)C(=O)N1C=C(c4ccc(N5CCOCC5)cc4)C[C@H]1CN3C)N=C[C@@H]1CC3(CC3)CN1C2=O. The monoisotopic (exact) mass is 761 g/mol. The van der Waals surface area contributed by atoms with Gasteiger partial charge in [-0.15, -0.1) is 0 Å². The van der Waals surface area contributed by atoms with Gasteiger partial charge in [-0.25, -0.2) is 0 Å². The molecule has 0 aromatic heterocycles. The standard InChI is InChI=1S/C44H51N5O7/c1-46-27-32-19-30(29-7-9-31(10-8-29)47-13-17-54-18-14-47)26-48(32)43(51)35-21-39(53-3)41(23-37(35)46)56-16-6-4-5-15-55-40-22-36-34(20-38(40)52-2)42(50)49-28-44(11-12-44)24-33(49)25-45-36/h7-10,20-23,25-26,32-33H,4-6,11-19,24,27-28H2,1-3H3/t32-,33-/m0/s1. The van der Waals surface area contributed by atoms with Gasteiger partial charge in [0.2, 0.25) is 0 Å². The van der Waals surface area contributed by atoms with Crippen LogP contribution in [0.15, 0.2) is 59.7 Å². The molecule has 1 spiro atoms. The van der Waals surface area contributed by atoms with Gasteiger partial charge in [-0.3, -0.25) is 14.6 Å². The number of morpholine rings is 1. The molecule has 3 aromatic carbocycles. The first-order valence-electron chi connectivity index (χ1n) is 20.1. The molecule has 12 nitrogen and oxygen atoms in total. The number of nitrogens with zero attached hydrogens (tertiary/aromatic N) is 5. The molecule has 0 bridgehead atoms. The lowest BCUT2D eigenvalue weighted by Gasteiger charge is -2.29. The second-order valence-corrected chi connectivity index (χ2v) is 16.0. The summed E-state index contributed by atoms with van der Waals surface area (Å²) in [5, 5.41) is 0. The third kappa shape index (κ3) is 6.93. The van der Waals surface area contributed by atoms with E-state index in [0.717, 1.165) is 76.2 Å². The van der Waals surface area contributed by atoms with Gasteiger partial charge < -0.3 is 43.3 Å². The Kier molecular flexibility index (Phi) is 9.77. The summed E-state index contributed by atoms with van der Waals surface area (Å²) in [7, 11) is 5.25. The Bertz CT molecular complexity index is 2050. The van der Waals surface area contributed by atoms with Crippen molar-refractivity contribution >= 4 is 40.7 Å². The molecule has 294 valence electrons. The number of aliphatic imine (C=N–C) groups is 1. The van der Waals surface area contributed by atoms with E-state index in [1.54, 1.807) is 20.3 Å². The Morgan fingerprint density at radius 2 is 1.54 bits per heavy atom. The average molecular weight is 762 g/mol. The van der Waals surface area contributed by atoms with E-state index >= 15 is 0 Å². The maximum atomic E-state index is 14.0. The number of likely N-dealkylation sites (N-methyl/N-ethyl adjacent to an activating group) is 1. The van der Waals surface area contributed by atoms with E-state index in [9.17, 15) is 9.59 Å². The first-order chi connectivity index (χ1) is 27.3. The zero-order valence-corrected chi connectivity index (χ0v) is 32.6. The number of methoxy groups -OCH3 is 2. The van der Waals surface area contributed by atoms with Crippen LogP contribution in [0.2, 0.25) is 0 Å². The van der Waals surface area contributed by atoms with E-state index in [4.69, 9.17) is 28.7 Å². The van der Waals surface area contributed by atoms with E-state index in [1.165, 1.54) is 24.1 Å². The van der Waals surface area contributed by atoms with Crippen molar-refractivity contribution in [3.63, 3.8) is 0 Å². The minimum atomic E-state index is -0.0320. The smallest absolute Gasteiger partial charge is 0.260 e. The number of carbonyl (C=O) groups excluding carboxylic acids is 2. The molecule has 5 aliphatic heterocycles. The van der Waals surface area contributed by atoms with Crippen molar-refractivity contribution in [2.45, 2.75) is 57.0 Å². The van der Waals surface area contributed by atoms with Crippen LogP contribution < -0.4 is 28.7 Å². The van der Waals surface area contributed by atoms with E-state index < -0.39 is 0 Å². The Morgan fingerprint density at radius 1 is 0.839 bits per heavy atom. The van der Waals surface area contributed by atoms with Crippen LogP contribution in [-0.2, 0) is 4.74 Å². The normalized spacial score (nSPS) is 21.9. The van der Waals surface area contributed by atoms with Gasteiger partial charge in [0.1, 0.15) is 0 Å². The van der Waals surface area contributed by atoms with Gasteiger partial charge in [0.05, 0.1) is 75.2 Å². The summed E-state index contributed by atoms with van der Waals surface area (Å²) in [6.07, 6.45) is 10.7. The summed E-state index contributed by atoms with van der Waals surface area (Å²) in [4.78, 5) is 40.6. The van der Waals surface area contributed by atoms with Crippen LogP contribution in [0.4, 0.5) is 17.1 Å². The third-order valence-electron chi connectivity index (χ3n) is 12.4. The molecule has 12 heteroatoms. The largest absolute Gasteiger partial charge is 0.493 e. The molecule has 0 unspecified atom stereocenters. The van der Waals surface area contributed by atoms with E-state index in [2.05, 4.69) is 34.1 Å². The highest BCUT2D eigenvalue weighted by Gasteiger charge is 2.53. The number of fused-ring (bicyclic) bond motifs is 4. The van der Waals surface area contributed by atoms with Crippen molar-refractivity contribution in [1.82, 2.24) is 9.80 Å². The molecule has 9 rings (SSSR count). The van der Waals surface area contributed by atoms with Crippen LogP contribution in [0.1, 0.15) is 71.2 Å². The summed E-state index contributed by atoms with van der Waals surface area (Å²) in [6.45, 7) is 5.82. The number of hydrogen-bond donors (Lipinski definition) is 0. The molecular weight excluding hydrogens is 711 g/mol. The van der Waals surface area contributed by atoms with Gasteiger partial charge in [0.25, 0.3) is 11.8 Å². The third-order valence-corrected chi connectivity index (χ3v) is 12.4. The van der Waals surface area contributed by atoms with Crippen LogP contribution in [0.25, 0.3) is 5.57 Å². The quantitative estimate of drug-likeness (QED) is 0.189. The Hall–Kier alpha value is -5.23. The van der Waals surface area contributed by atoms with E-state index in [0.29, 0.717) is 65.0 Å². The van der Waals surface area contributed by atoms with Crippen LogP contribution in [0.3, 0.4) is 0 Å². The second kappa shape index (κ2) is 15.0. The van der Waals surface area contributed by atoms with Gasteiger partial charge in [0.15, 0.2) is 23.0 Å². The minimum Gasteiger partial charge on any atom is -0.493 e. The lowest BCUT2D eigenvalue weighted by molar-refractivity contribution is 0.0765. The molecule has 2 atom stereocenters. The number of unbranched alkanes of at least 4 members (excludes halogenated alkanes) is 2. The van der Waals surface area contributed by atoms with Crippen LogP contribution >= 0.6 is 0 Å². The molecule has 1 saturated carbocycles. The van der Waals surface area contributed by atoms with E-state index in [-0.39, 0.29) is 23.9 Å². The molecule has 6 aliphatic rings. The Balaban J connectivity index is 0.792. The molecule has 1 aliphatic carbocycles. The fourth-order valence-corrected chi connectivity index (χ4v) is 8.98. The van der Waals surface area contributed by atoms with Crippen molar-refractivity contribution in [3.8, 4) is 23.0 Å². The predicted octanol–water partition coefficient (Wildman–Crippen LogP) is 6.58. The topological polar surface area (TPSA) is 106 Å². The van der Waals surface area contributed by atoms with Crippen molar-refractivity contribution in [2.24, 2.45) is 10.4 Å². The maximum absolute atomic E-state index is 14.0. The molecule has 3 fully saturated rings. The average Bonchev–Trinajstić information content (AvgIpc) is 3.76. The summed E-state index contributed by atoms with van der Waals surface area (Å²) < 4.78 is 29.3. The van der Waals surface area contributed by atoms with Crippen molar-refractivity contribution < 1.29 is 33.3 Å². The maximum Gasteiger partial charge on any atom is 0.260 e. The molecule has 2 amide bonds. The number of hydrogen-bond acceptors (Lipinski definition) is 10. The summed E-state index contributed by atoms with van der Waals surface area (Å²) in [6, 6.07) is 16.1. The van der Waals surface area contributed by atoms with Gasteiger partial charge in [-0.1, -0.05) is 12.1 Å².